The van der Waals surface area contributed by atoms with Crippen LogP contribution in [0.15, 0.2) is 17.0 Å². The van der Waals surface area contributed by atoms with Crippen LogP contribution in [0, 0.1) is 13.8 Å². The molecule has 0 fully saturated rings. The van der Waals surface area contributed by atoms with Crippen LogP contribution in [0.1, 0.15) is 24.0 Å². The first-order valence-corrected chi connectivity index (χ1v) is 7.76. The van der Waals surface area contributed by atoms with E-state index in [4.69, 9.17) is 0 Å². The van der Waals surface area contributed by atoms with Crippen LogP contribution in [0.2, 0.25) is 0 Å². The van der Waals surface area contributed by atoms with Gasteiger partial charge in [0.1, 0.15) is 0 Å². The molecule has 0 saturated carbocycles. The van der Waals surface area contributed by atoms with E-state index >= 15 is 0 Å². The van der Waals surface area contributed by atoms with Crippen LogP contribution in [0.5, 0.6) is 0 Å². The smallest absolute Gasteiger partial charge is 0.237 e. The SMILES string of the molecule is Cc1cc(C)c2c(c1)NC(=O)C(CCCBr)S2. The first kappa shape index (κ1) is 13.0. The molecular weight excluding hydrogens is 298 g/mol. The molecule has 1 aromatic rings. The lowest BCUT2D eigenvalue weighted by Crippen LogP contribution is -2.29. The third-order valence-corrected chi connectivity index (χ3v) is 4.90. The number of aryl methyl sites for hydroxylation is 2. The third kappa shape index (κ3) is 2.86. The fourth-order valence-electron chi connectivity index (χ4n) is 2.07. The second-order valence-corrected chi connectivity index (χ2v) is 6.39. The van der Waals surface area contributed by atoms with Gasteiger partial charge in [0, 0.05) is 10.2 Å². The molecule has 2 rings (SSSR count). The normalized spacial score (nSPS) is 18.8. The Bertz CT molecular complexity index is 447. The Hall–Kier alpha value is -0.480. The highest BCUT2D eigenvalue weighted by atomic mass is 79.9. The highest BCUT2D eigenvalue weighted by Crippen LogP contribution is 2.40. The van der Waals surface area contributed by atoms with E-state index in [2.05, 4.69) is 41.2 Å². The Morgan fingerprint density at radius 1 is 1.41 bits per heavy atom. The lowest BCUT2D eigenvalue weighted by Gasteiger charge is -2.25. The molecule has 1 aliphatic rings. The molecule has 1 amide bonds. The van der Waals surface area contributed by atoms with Crippen LogP contribution in [0.3, 0.4) is 0 Å². The summed E-state index contributed by atoms with van der Waals surface area (Å²) < 4.78 is 0. The zero-order valence-electron chi connectivity index (χ0n) is 10.0. The molecule has 0 radical (unpaired) electrons. The van der Waals surface area contributed by atoms with Gasteiger partial charge in [-0.1, -0.05) is 22.0 Å². The number of halogens is 1. The molecule has 92 valence electrons. The number of rotatable bonds is 3. The molecule has 0 aliphatic carbocycles. The number of anilines is 1. The summed E-state index contributed by atoms with van der Waals surface area (Å²) in [4.78, 5) is 13.2. The van der Waals surface area contributed by atoms with Gasteiger partial charge in [-0.3, -0.25) is 4.79 Å². The number of alkyl halides is 1. The molecule has 0 saturated heterocycles. The number of carbonyl (C=O) groups excluding carboxylic acids is 1. The molecule has 4 heteroatoms. The van der Waals surface area contributed by atoms with Gasteiger partial charge in [0.25, 0.3) is 0 Å². The largest absolute Gasteiger partial charge is 0.324 e. The van der Waals surface area contributed by atoms with E-state index < -0.39 is 0 Å². The Morgan fingerprint density at radius 2 is 2.18 bits per heavy atom. The minimum atomic E-state index is 0.0569. The predicted octanol–water partition coefficient (Wildman–Crippen LogP) is 3.89. The van der Waals surface area contributed by atoms with Crippen molar-refractivity contribution >= 4 is 39.3 Å². The number of nitrogens with one attached hydrogen (secondary N) is 1. The summed E-state index contributed by atoms with van der Waals surface area (Å²) in [6.07, 6.45) is 1.96. The molecular formula is C13H16BrNOS. The molecule has 0 aromatic heterocycles. The highest BCUT2D eigenvalue weighted by molar-refractivity contribution is 9.09. The number of benzene rings is 1. The van der Waals surface area contributed by atoms with Crippen molar-refractivity contribution in [3.63, 3.8) is 0 Å². The van der Waals surface area contributed by atoms with Crippen molar-refractivity contribution in [2.45, 2.75) is 36.8 Å². The molecule has 1 aromatic carbocycles. The quantitative estimate of drug-likeness (QED) is 0.858. The summed E-state index contributed by atoms with van der Waals surface area (Å²) in [5.41, 5.74) is 3.43. The van der Waals surface area contributed by atoms with Crippen molar-refractivity contribution in [1.82, 2.24) is 0 Å². The maximum absolute atomic E-state index is 11.9. The van der Waals surface area contributed by atoms with Crippen LogP contribution in [-0.2, 0) is 4.79 Å². The molecule has 0 spiro atoms. The number of carbonyl (C=O) groups is 1. The van der Waals surface area contributed by atoms with Gasteiger partial charge in [-0.2, -0.15) is 0 Å². The Morgan fingerprint density at radius 3 is 2.88 bits per heavy atom. The van der Waals surface area contributed by atoms with Gasteiger partial charge >= 0.3 is 0 Å². The molecule has 1 heterocycles. The van der Waals surface area contributed by atoms with E-state index in [1.807, 2.05) is 6.07 Å². The summed E-state index contributed by atoms with van der Waals surface area (Å²) in [7, 11) is 0. The van der Waals surface area contributed by atoms with Gasteiger partial charge in [0.15, 0.2) is 0 Å². The van der Waals surface area contributed by atoms with Crippen molar-refractivity contribution in [1.29, 1.82) is 0 Å². The first-order valence-electron chi connectivity index (χ1n) is 5.76. The topological polar surface area (TPSA) is 29.1 Å². The third-order valence-electron chi connectivity index (χ3n) is 2.83. The Labute approximate surface area is 115 Å². The van der Waals surface area contributed by atoms with Crippen molar-refractivity contribution in [2.24, 2.45) is 0 Å². The number of fused-ring (bicyclic) bond motifs is 1. The fourth-order valence-corrected chi connectivity index (χ4v) is 3.61. The first-order chi connectivity index (χ1) is 8.11. The van der Waals surface area contributed by atoms with Crippen molar-refractivity contribution in [2.75, 3.05) is 10.6 Å². The van der Waals surface area contributed by atoms with Gasteiger partial charge < -0.3 is 5.32 Å². The average molecular weight is 314 g/mol. The zero-order chi connectivity index (χ0) is 12.4. The lowest BCUT2D eigenvalue weighted by atomic mass is 10.1. The average Bonchev–Trinajstić information content (AvgIpc) is 2.26. The van der Waals surface area contributed by atoms with Gasteiger partial charge in [-0.15, -0.1) is 11.8 Å². The minimum Gasteiger partial charge on any atom is -0.324 e. The molecule has 1 atom stereocenters. The van der Waals surface area contributed by atoms with Crippen LogP contribution >= 0.6 is 27.7 Å². The van der Waals surface area contributed by atoms with Gasteiger partial charge in [-0.25, -0.2) is 0 Å². The second-order valence-electron chi connectivity index (χ2n) is 4.39. The summed E-state index contributed by atoms with van der Waals surface area (Å²) in [6, 6.07) is 4.22. The van der Waals surface area contributed by atoms with Crippen molar-refractivity contribution in [3.8, 4) is 0 Å². The van der Waals surface area contributed by atoms with E-state index in [1.165, 1.54) is 16.0 Å². The standard InChI is InChI=1S/C13H16BrNOS/c1-8-6-9(2)12-10(7-8)15-13(16)11(17-12)4-3-5-14/h6-7,11H,3-5H2,1-2H3,(H,15,16). The van der Waals surface area contributed by atoms with Crippen LogP contribution in [0.25, 0.3) is 0 Å². The van der Waals surface area contributed by atoms with E-state index in [-0.39, 0.29) is 11.2 Å². The van der Waals surface area contributed by atoms with E-state index in [0.717, 1.165) is 23.9 Å². The molecule has 0 bridgehead atoms. The lowest BCUT2D eigenvalue weighted by molar-refractivity contribution is -0.115. The maximum Gasteiger partial charge on any atom is 0.237 e. The fraction of sp³-hybridized carbons (Fsp3) is 0.462. The van der Waals surface area contributed by atoms with E-state index in [0.29, 0.717) is 0 Å². The van der Waals surface area contributed by atoms with Crippen molar-refractivity contribution in [3.05, 3.63) is 23.3 Å². The van der Waals surface area contributed by atoms with Gasteiger partial charge in [-0.05, 0) is 43.9 Å². The molecule has 17 heavy (non-hydrogen) atoms. The van der Waals surface area contributed by atoms with Gasteiger partial charge in [0.2, 0.25) is 5.91 Å². The number of amides is 1. The number of thioether (sulfide) groups is 1. The maximum atomic E-state index is 11.9. The monoisotopic (exact) mass is 313 g/mol. The van der Waals surface area contributed by atoms with Crippen molar-refractivity contribution < 1.29 is 4.79 Å². The van der Waals surface area contributed by atoms with Crippen LogP contribution in [0.4, 0.5) is 5.69 Å². The molecule has 2 nitrogen and oxygen atoms in total. The second kappa shape index (κ2) is 5.44. The van der Waals surface area contributed by atoms with E-state index in [9.17, 15) is 4.79 Å². The number of hydrogen-bond acceptors (Lipinski definition) is 2. The van der Waals surface area contributed by atoms with E-state index in [1.54, 1.807) is 11.8 Å². The Kier molecular flexibility index (Phi) is 4.15. The number of hydrogen-bond donors (Lipinski definition) is 1. The summed E-state index contributed by atoms with van der Waals surface area (Å²) in [5.74, 6) is 0.147. The van der Waals surface area contributed by atoms with Crippen LogP contribution in [-0.4, -0.2) is 16.5 Å². The molecule has 1 N–H and O–H groups in total. The molecule has 1 unspecified atom stereocenters. The predicted molar refractivity (Wildman–Crippen MR) is 77.2 cm³/mol. The highest BCUT2D eigenvalue weighted by Gasteiger charge is 2.27. The summed E-state index contributed by atoms with van der Waals surface area (Å²) in [6.45, 7) is 4.17. The zero-order valence-corrected chi connectivity index (χ0v) is 12.5. The van der Waals surface area contributed by atoms with Crippen LogP contribution < -0.4 is 5.32 Å². The minimum absolute atomic E-state index is 0.0569. The Balaban J connectivity index is 2.25. The summed E-state index contributed by atoms with van der Waals surface area (Å²) >= 11 is 5.12. The van der Waals surface area contributed by atoms with Gasteiger partial charge in [0.05, 0.1) is 10.9 Å². The molecule has 1 aliphatic heterocycles. The summed E-state index contributed by atoms with van der Waals surface area (Å²) in [5, 5.41) is 4.04.